The number of benzene rings is 2. The van der Waals surface area contributed by atoms with Crippen LogP contribution in [0.1, 0.15) is 24.1 Å². The van der Waals surface area contributed by atoms with Gasteiger partial charge in [-0.3, -0.25) is 0 Å². The van der Waals surface area contributed by atoms with E-state index in [2.05, 4.69) is 15.6 Å². The first kappa shape index (κ1) is 16.4. The van der Waals surface area contributed by atoms with Crippen molar-refractivity contribution in [3.8, 4) is 6.07 Å². The number of carbonyl (C=O) groups is 1. The van der Waals surface area contributed by atoms with Crippen molar-refractivity contribution < 1.29 is 9.53 Å². The average molecular weight is 361 g/mol. The number of hydrogen-bond donors (Lipinski definition) is 0. The largest absolute Gasteiger partial charge is 0.462 e. The van der Waals surface area contributed by atoms with Crippen molar-refractivity contribution in [3.05, 3.63) is 70.6 Å². The Morgan fingerprint density at radius 2 is 2.04 bits per heavy atom. The number of carbonyl (C=O) groups excluding carboxylic acids is 1. The summed E-state index contributed by atoms with van der Waals surface area (Å²) in [4.78, 5) is 17.5. The van der Waals surface area contributed by atoms with E-state index in [4.69, 9.17) is 10.00 Å². The molecule has 0 fully saturated rings. The molecule has 1 aliphatic rings. The van der Waals surface area contributed by atoms with Crippen LogP contribution < -0.4 is 0 Å². The highest BCUT2D eigenvalue weighted by molar-refractivity contribution is 8.03. The first-order valence-electron chi connectivity index (χ1n) is 8.25. The average Bonchev–Trinajstić information content (AvgIpc) is 3.06. The number of esters is 1. The molecular weight excluding hydrogens is 346 g/mol. The van der Waals surface area contributed by atoms with E-state index < -0.39 is 0 Å². The minimum Gasteiger partial charge on any atom is -0.462 e. The Bertz CT molecular complexity index is 1060. The minimum absolute atomic E-state index is 0.189. The molecule has 5 nitrogen and oxygen atoms in total. The maximum atomic E-state index is 12.3. The van der Waals surface area contributed by atoms with Crippen LogP contribution in [-0.2, 0) is 9.53 Å². The lowest BCUT2D eigenvalue weighted by Crippen LogP contribution is -2.17. The van der Waals surface area contributed by atoms with Crippen LogP contribution in [0.4, 0.5) is 0 Å². The highest BCUT2D eigenvalue weighted by Gasteiger charge is 2.28. The highest BCUT2D eigenvalue weighted by atomic mass is 32.2. The van der Waals surface area contributed by atoms with E-state index in [0.717, 1.165) is 21.8 Å². The number of nitrogens with zero attached hydrogens (tertiary/aromatic N) is 3. The summed E-state index contributed by atoms with van der Waals surface area (Å²) >= 11 is 1.32. The lowest BCUT2D eigenvalue weighted by atomic mass is 10.0. The summed E-state index contributed by atoms with van der Waals surface area (Å²) < 4.78 is 7.30. The van der Waals surface area contributed by atoms with Crippen molar-refractivity contribution in [1.29, 1.82) is 5.26 Å². The van der Waals surface area contributed by atoms with Crippen molar-refractivity contribution in [2.45, 2.75) is 18.1 Å². The second-order valence-corrected chi connectivity index (χ2v) is 6.79. The van der Waals surface area contributed by atoms with Crippen LogP contribution in [0.5, 0.6) is 0 Å². The molecule has 0 amide bonds. The molecular formula is C20H15N3O2S. The van der Waals surface area contributed by atoms with Crippen molar-refractivity contribution in [2.24, 2.45) is 0 Å². The van der Waals surface area contributed by atoms with Crippen molar-refractivity contribution in [1.82, 2.24) is 9.55 Å². The van der Waals surface area contributed by atoms with E-state index in [1.54, 1.807) is 19.1 Å². The lowest BCUT2D eigenvalue weighted by Gasteiger charge is -2.24. The summed E-state index contributed by atoms with van der Waals surface area (Å²) in [6.45, 7) is 2.12. The molecule has 0 radical (unpaired) electrons. The molecule has 6 heteroatoms. The van der Waals surface area contributed by atoms with E-state index >= 15 is 0 Å². The van der Waals surface area contributed by atoms with Crippen molar-refractivity contribution >= 4 is 28.8 Å². The van der Waals surface area contributed by atoms with E-state index in [1.165, 1.54) is 11.8 Å². The van der Waals surface area contributed by atoms with Gasteiger partial charge in [-0.1, -0.05) is 24.3 Å². The van der Waals surface area contributed by atoms with E-state index in [0.29, 0.717) is 17.1 Å². The molecule has 4 rings (SSSR count). The first-order chi connectivity index (χ1) is 12.7. The Kier molecular flexibility index (Phi) is 4.23. The molecule has 0 saturated heterocycles. The SMILES string of the molecule is CCOC(=O)C1=CC(c2ccc(C#N)cc2)n2c(nc3ccccc32)S1. The molecule has 1 aliphatic heterocycles. The van der Waals surface area contributed by atoms with Gasteiger partial charge in [0.2, 0.25) is 0 Å². The maximum Gasteiger partial charge on any atom is 0.344 e. The van der Waals surface area contributed by atoms with E-state index in [-0.39, 0.29) is 12.0 Å². The Labute approximate surface area is 154 Å². The van der Waals surface area contributed by atoms with Gasteiger partial charge >= 0.3 is 5.97 Å². The third-order valence-corrected chi connectivity index (χ3v) is 5.20. The van der Waals surface area contributed by atoms with Crippen LogP contribution in [0.25, 0.3) is 11.0 Å². The number of rotatable bonds is 3. The normalized spacial score (nSPS) is 15.8. The van der Waals surface area contributed by atoms with Gasteiger partial charge in [-0.2, -0.15) is 5.26 Å². The van der Waals surface area contributed by atoms with E-state index in [1.807, 2.05) is 42.5 Å². The molecule has 26 heavy (non-hydrogen) atoms. The quantitative estimate of drug-likeness (QED) is 0.658. The second kappa shape index (κ2) is 6.70. The summed E-state index contributed by atoms with van der Waals surface area (Å²) in [7, 11) is 0. The third kappa shape index (κ3) is 2.76. The fourth-order valence-corrected chi connectivity index (χ4v) is 4.02. The maximum absolute atomic E-state index is 12.3. The zero-order chi connectivity index (χ0) is 18.1. The van der Waals surface area contributed by atoms with Crippen LogP contribution in [0.2, 0.25) is 0 Å². The molecule has 1 atom stereocenters. The number of aromatic nitrogens is 2. The van der Waals surface area contributed by atoms with E-state index in [9.17, 15) is 4.79 Å². The van der Waals surface area contributed by atoms with Gasteiger partial charge in [0.25, 0.3) is 0 Å². The highest BCUT2D eigenvalue weighted by Crippen LogP contribution is 2.41. The van der Waals surface area contributed by atoms with Gasteiger partial charge in [0.1, 0.15) is 0 Å². The molecule has 3 aromatic rings. The molecule has 0 N–H and O–H groups in total. The summed E-state index contributed by atoms with van der Waals surface area (Å²) in [6.07, 6.45) is 1.91. The minimum atomic E-state index is -0.338. The monoisotopic (exact) mass is 361 g/mol. The Balaban J connectivity index is 1.87. The number of nitriles is 1. The summed E-state index contributed by atoms with van der Waals surface area (Å²) in [5.74, 6) is -0.338. The van der Waals surface area contributed by atoms with Gasteiger partial charge in [0.05, 0.1) is 40.2 Å². The summed E-state index contributed by atoms with van der Waals surface area (Å²) in [5, 5.41) is 9.79. The first-order valence-corrected chi connectivity index (χ1v) is 9.06. The van der Waals surface area contributed by atoms with Crippen LogP contribution in [-0.4, -0.2) is 22.1 Å². The lowest BCUT2D eigenvalue weighted by molar-refractivity contribution is -0.137. The van der Waals surface area contributed by atoms with Crippen LogP contribution in [0, 0.1) is 11.3 Å². The molecule has 1 aromatic heterocycles. The van der Waals surface area contributed by atoms with Gasteiger partial charge in [-0.15, -0.1) is 0 Å². The van der Waals surface area contributed by atoms with Crippen LogP contribution in [0.15, 0.2) is 64.7 Å². The topological polar surface area (TPSA) is 67.9 Å². The fraction of sp³-hybridized carbons (Fsp3) is 0.150. The Hall–Kier alpha value is -3.04. The number of fused-ring (bicyclic) bond motifs is 3. The van der Waals surface area contributed by atoms with Crippen molar-refractivity contribution in [2.75, 3.05) is 6.61 Å². The zero-order valence-electron chi connectivity index (χ0n) is 14.0. The number of hydrogen-bond acceptors (Lipinski definition) is 5. The molecule has 2 aromatic carbocycles. The third-order valence-electron chi connectivity index (χ3n) is 4.21. The van der Waals surface area contributed by atoms with Crippen molar-refractivity contribution in [3.63, 3.8) is 0 Å². The van der Waals surface area contributed by atoms with Gasteiger partial charge in [-0.05, 0) is 54.6 Å². The Morgan fingerprint density at radius 3 is 2.77 bits per heavy atom. The number of allylic oxidation sites excluding steroid dienone is 1. The van der Waals surface area contributed by atoms with Crippen LogP contribution >= 0.6 is 11.8 Å². The summed E-state index contributed by atoms with van der Waals surface area (Å²) in [5.41, 5.74) is 3.47. The van der Waals surface area contributed by atoms with Gasteiger partial charge in [0, 0.05) is 0 Å². The number of para-hydroxylation sites is 2. The number of imidazole rings is 1. The summed E-state index contributed by atoms with van der Waals surface area (Å²) in [6, 6.07) is 17.2. The smallest absolute Gasteiger partial charge is 0.344 e. The molecule has 128 valence electrons. The number of ether oxygens (including phenoxy) is 1. The molecule has 0 bridgehead atoms. The molecule has 0 aliphatic carbocycles. The fourth-order valence-electron chi connectivity index (χ4n) is 3.03. The van der Waals surface area contributed by atoms with Gasteiger partial charge in [0.15, 0.2) is 5.16 Å². The zero-order valence-corrected chi connectivity index (χ0v) is 14.9. The standard InChI is InChI=1S/C20H15N3O2S/c1-2-25-19(24)18-11-17(14-9-7-13(12-21)8-10-14)23-16-6-4-3-5-15(16)22-20(23)26-18/h3-11,17H,2H2,1H3. The Morgan fingerprint density at radius 1 is 1.27 bits per heavy atom. The molecule has 1 unspecified atom stereocenters. The second-order valence-electron chi connectivity index (χ2n) is 5.79. The number of thioether (sulfide) groups is 1. The predicted molar refractivity (Wildman–Crippen MR) is 99.6 cm³/mol. The van der Waals surface area contributed by atoms with Crippen LogP contribution in [0.3, 0.4) is 0 Å². The molecule has 0 spiro atoms. The molecule has 0 saturated carbocycles. The van der Waals surface area contributed by atoms with Gasteiger partial charge in [-0.25, -0.2) is 9.78 Å². The van der Waals surface area contributed by atoms with Gasteiger partial charge < -0.3 is 9.30 Å². The molecule has 2 heterocycles. The predicted octanol–water partition coefficient (Wildman–Crippen LogP) is 4.05.